The highest BCUT2D eigenvalue weighted by Crippen LogP contribution is 2.34. The zero-order valence-electron chi connectivity index (χ0n) is 11.0. The van der Waals surface area contributed by atoms with Gasteiger partial charge in [-0.05, 0) is 51.8 Å². The summed E-state index contributed by atoms with van der Waals surface area (Å²) in [5.41, 5.74) is 9.31. The number of thiophene rings is 1. The van der Waals surface area contributed by atoms with Crippen LogP contribution < -0.4 is 5.73 Å². The number of nitrogens with two attached hydrogens (primary N) is 1. The summed E-state index contributed by atoms with van der Waals surface area (Å²) in [6, 6.07) is 18.3. The van der Waals surface area contributed by atoms with Crippen molar-refractivity contribution in [3.63, 3.8) is 0 Å². The van der Waals surface area contributed by atoms with Gasteiger partial charge in [0.15, 0.2) is 0 Å². The van der Waals surface area contributed by atoms with E-state index in [1.807, 2.05) is 36.4 Å². The molecule has 0 saturated heterocycles. The summed E-state index contributed by atoms with van der Waals surface area (Å²) >= 11 is 5.16. The summed E-state index contributed by atoms with van der Waals surface area (Å²) in [6.45, 7) is 0. The van der Waals surface area contributed by atoms with E-state index < -0.39 is 0 Å². The summed E-state index contributed by atoms with van der Waals surface area (Å²) in [6.07, 6.45) is 0. The van der Waals surface area contributed by atoms with Gasteiger partial charge in [0.25, 0.3) is 0 Å². The number of hydrogen-bond donors (Lipinski definition) is 1. The van der Waals surface area contributed by atoms with Crippen molar-refractivity contribution in [1.29, 1.82) is 0 Å². The molecule has 0 saturated carbocycles. The largest absolute Gasteiger partial charge is 0.456 e. The Balaban J connectivity index is 1.88. The van der Waals surface area contributed by atoms with Crippen LogP contribution in [0.2, 0.25) is 0 Å². The SMILES string of the molecule is NC(c1ccc2oc3ccccc3c2c1)c1ccc(Br)s1. The van der Waals surface area contributed by atoms with Gasteiger partial charge >= 0.3 is 0 Å². The highest BCUT2D eigenvalue weighted by Gasteiger charge is 2.14. The molecule has 0 aliphatic rings. The van der Waals surface area contributed by atoms with Gasteiger partial charge in [0.05, 0.1) is 9.83 Å². The van der Waals surface area contributed by atoms with Crippen molar-refractivity contribution in [3.05, 3.63) is 68.8 Å². The topological polar surface area (TPSA) is 39.2 Å². The van der Waals surface area contributed by atoms with Crippen molar-refractivity contribution in [2.75, 3.05) is 0 Å². The summed E-state index contributed by atoms with van der Waals surface area (Å²) < 4.78 is 6.95. The van der Waals surface area contributed by atoms with E-state index in [4.69, 9.17) is 10.2 Å². The van der Waals surface area contributed by atoms with Crippen LogP contribution in [-0.4, -0.2) is 0 Å². The first-order valence-corrected chi connectivity index (χ1v) is 8.25. The smallest absolute Gasteiger partial charge is 0.135 e. The summed E-state index contributed by atoms with van der Waals surface area (Å²) in [5.74, 6) is 0. The summed E-state index contributed by atoms with van der Waals surface area (Å²) in [7, 11) is 0. The van der Waals surface area contributed by atoms with Gasteiger partial charge in [0.2, 0.25) is 0 Å². The van der Waals surface area contributed by atoms with Crippen molar-refractivity contribution in [2.45, 2.75) is 6.04 Å². The van der Waals surface area contributed by atoms with Crippen LogP contribution in [0.25, 0.3) is 21.9 Å². The number of benzene rings is 2. The first-order valence-electron chi connectivity index (χ1n) is 6.64. The monoisotopic (exact) mass is 357 g/mol. The van der Waals surface area contributed by atoms with E-state index >= 15 is 0 Å². The van der Waals surface area contributed by atoms with Crippen molar-refractivity contribution in [3.8, 4) is 0 Å². The van der Waals surface area contributed by atoms with Gasteiger partial charge in [-0.15, -0.1) is 11.3 Å². The Hall–Kier alpha value is -1.62. The molecule has 0 bridgehead atoms. The van der Waals surface area contributed by atoms with E-state index in [0.717, 1.165) is 36.2 Å². The van der Waals surface area contributed by atoms with Crippen molar-refractivity contribution in [1.82, 2.24) is 0 Å². The number of rotatable bonds is 2. The van der Waals surface area contributed by atoms with Crippen LogP contribution in [0.1, 0.15) is 16.5 Å². The molecule has 2 N–H and O–H groups in total. The van der Waals surface area contributed by atoms with Crippen LogP contribution in [-0.2, 0) is 0 Å². The molecule has 104 valence electrons. The van der Waals surface area contributed by atoms with Gasteiger partial charge in [-0.2, -0.15) is 0 Å². The average Bonchev–Trinajstić information content (AvgIpc) is 3.09. The summed E-state index contributed by atoms with van der Waals surface area (Å²) in [4.78, 5) is 1.15. The Kier molecular flexibility index (Phi) is 3.10. The maximum absolute atomic E-state index is 6.39. The van der Waals surface area contributed by atoms with Crippen LogP contribution in [0.4, 0.5) is 0 Å². The van der Waals surface area contributed by atoms with Crippen LogP contribution in [0.15, 0.2) is 62.8 Å². The second kappa shape index (κ2) is 4.98. The van der Waals surface area contributed by atoms with Gasteiger partial charge in [0.1, 0.15) is 11.2 Å². The molecular formula is C17H12BrNOS. The molecule has 4 aromatic rings. The van der Waals surface area contributed by atoms with Crippen LogP contribution in [0, 0.1) is 0 Å². The Morgan fingerprint density at radius 3 is 2.57 bits per heavy atom. The minimum absolute atomic E-state index is 0.112. The average molecular weight is 358 g/mol. The Bertz CT molecular complexity index is 940. The van der Waals surface area contributed by atoms with Gasteiger partial charge in [0, 0.05) is 15.6 Å². The van der Waals surface area contributed by atoms with Crippen molar-refractivity contribution < 1.29 is 4.42 Å². The fourth-order valence-electron chi connectivity index (χ4n) is 2.60. The van der Waals surface area contributed by atoms with Gasteiger partial charge in [-0.3, -0.25) is 0 Å². The minimum atomic E-state index is -0.112. The van der Waals surface area contributed by atoms with E-state index in [1.54, 1.807) is 11.3 Å². The highest BCUT2D eigenvalue weighted by atomic mass is 79.9. The lowest BCUT2D eigenvalue weighted by Gasteiger charge is -2.09. The normalized spacial score (nSPS) is 13.0. The van der Waals surface area contributed by atoms with Gasteiger partial charge in [-0.25, -0.2) is 0 Å². The number of fused-ring (bicyclic) bond motifs is 3. The lowest BCUT2D eigenvalue weighted by Crippen LogP contribution is -2.09. The molecule has 4 rings (SSSR count). The third kappa shape index (κ3) is 2.20. The van der Waals surface area contributed by atoms with Gasteiger partial charge in [-0.1, -0.05) is 24.3 Å². The lowest BCUT2D eigenvalue weighted by molar-refractivity contribution is 0.668. The van der Waals surface area contributed by atoms with E-state index in [1.165, 1.54) is 0 Å². The second-order valence-electron chi connectivity index (χ2n) is 4.97. The van der Waals surface area contributed by atoms with E-state index in [-0.39, 0.29) is 6.04 Å². The quantitative estimate of drug-likeness (QED) is 0.517. The maximum Gasteiger partial charge on any atom is 0.135 e. The highest BCUT2D eigenvalue weighted by molar-refractivity contribution is 9.11. The molecule has 0 aliphatic heterocycles. The lowest BCUT2D eigenvalue weighted by atomic mass is 10.0. The molecule has 2 heterocycles. The molecule has 4 heteroatoms. The van der Waals surface area contributed by atoms with Crippen LogP contribution >= 0.6 is 27.3 Å². The third-order valence-electron chi connectivity index (χ3n) is 3.66. The molecule has 0 amide bonds. The van der Waals surface area contributed by atoms with Gasteiger partial charge < -0.3 is 10.2 Å². The van der Waals surface area contributed by atoms with Crippen molar-refractivity contribution >= 4 is 49.2 Å². The third-order valence-corrected chi connectivity index (χ3v) is 5.37. The Morgan fingerprint density at radius 2 is 1.76 bits per heavy atom. The molecule has 2 aromatic carbocycles. The van der Waals surface area contributed by atoms with E-state index in [0.29, 0.717) is 0 Å². The molecule has 0 radical (unpaired) electrons. The molecule has 0 spiro atoms. The zero-order chi connectivity index (χ0) is 14.4. The number of halogens is 1. The molecule has 0 fully saturated rings. The molecule has 21 heavy (non-hydrogen) atoms. The fraction of sp³-hybridized carbons (Fsp3) is 0.0588. The molecule has 1 atom stereocenters. The fourth-order valence-corrected chi connectivity index (χ4v) is 4.05. The van der Waals surface area contributed by atoms with Crippen LogP contribution in [0.3, 0.4) is 0 Å². The zero-order valence-corrected chi connectivity index (χ0v) is 13.4. The molecular weight excluding hydrogens is 346 g/mol. The number of hydrogen-bond acceptors (Lipinski definition) is 3. The Labute approximate surface area is 134 Å². The second-order valence-corrected chi connectivity index (χ2v) is 7.47. The van der Waals surface area contributed by atoms with E-state index in [2.05, 4.69) is 34.1 Å². The molecule has 0 aliphatic carbocycles. The number of para-hydroxylation sites is 1. The minimum Gasteiger partial charge on any atom is -0.456 e. The predicted octanol–water partition coefficient (Wildman–Crippen LogP) is 5.46. The standard InChI is InChI=1S/C17H12BrNOS/c18-16-8-7-15(21-16)17(19)10-5-6-14-12(9-10)11-3-1-2-4-13(11)20-14/h1-9,17H,19H2. The van der Waals surface area contributed by atoms with Crippen molar-refractivity contribution in [2.24, 2.45) is 5.73 Å². The molecule has 1 unspecified atom stereocenters. The first-order chi connectivity index (χ1) is 10.2. The number of furan rings is 1. The predicted molar refractivity (Wildman–Crippen MR) is 91.8 cm³/mol. The maximum atomic E-state index is 6.39. The van der Waals surface area contributed by atoms with E-state index in [9.17, 15) is 0 Å². The van der Waals surface area contributed by atoms with Crippen LogP contribution in [0.5, 0.6) is 0 Å². The molecule has 2 aromatic heterocycles. The Morgan fingerprint density at radius 1 is 0.952 bits per heavy atom. The first kappa shape index (κ1) is 13.1. The molecule has 2 nitrogen and oxygen atoms in total. The summed E-state index contributed by atoms with van der Waals surface area (Å²) in [5, 5.41) is 2.25.